The molecule has 0 radical (unpaired) electrons. The van der Waals surface area contributed by atoms with Gasteiger partial charge in [0.2, 0.25) is 11.8 Å². The van der Waals surface area contributed by atoms with Gasteiger partial charge in [0, 0.05) is 39.4 Å². The molecular formula is C32H44N4O7S. The molecule has 0 aliphatic carbocycles. The van der Waals surface area contributed by atoms with Crippen LogP contribution < -0.4 is 10.1 Å². The average Bonchev–Trinajstić information content (AvgIpc) is 3.76. The van der Waals surface area contributed by atoms with Crippen LogP contribution in [0.4, 0.5) is 0 Å². The first-order valence-corrected chi connectivity index (χ1v) is 16.0. The molecule has 0 spiro atoms. The summed E-state index contributed by atoms with van der Waals surface area (Å²) >= 11 is 1.60. The standard InChI is InChI=1S/C32H44N4O7S/c1-8-40-28(41-9-2)17-42-27-15-26(43-35-27)29(19(3)4)32(38)36-16-24(39-7)14-25(36)31(37)34-20(5)22-10-12-23(13-11-22)30-21(6)33-18-44-30/h10-13,15,18-20,24-25,28-29H,8-9,14,16-17H2,1-7H3,(H,34,37)/t20-,24+,25-,29+/m0/s1. The molecule has 240 valence electrons. The van der Waals surface area contributed by atoms with E-state index in [1.54, 1.807) is 29.4 Å². The highest BCUT2D eigenvalue weighted by atomic mass is 32.1. The smallest absolute Gasteiger partial charge is 0.254 e. The number of benzene rings is 1. The number of likely N-dealkylation sites (tertiary alicyclic amines) is 1. The molecule has 3 heterocycles. The number of rotatable bonds is 15. The lowest BCUT2D eigenvalue weighted by atomic mass is 9.91. The maximum Gasteiger partial charge on any atom is 0.254 e. The Hall–Kier alpha value is -3.32. The van der Waals surface area contributed by atoms with E-state index in [4.69, 9.17) is 23.5 Å². The van der Waals surface area contributed by atoms with Crippen molar-refractivity contribution in [1.82, 2.24) is 20.4 Å². The van der Waals surface area contributed by atoms with E-state index in [1.165, 1.54) is 0 Å². The van der Waals surface area contributed by atoms with Gasteiger partial charge in [0.15, 0.2) is 12.1 Å². The Morgan fingerprint density at radius 3 is 2.43 bits per heavy atom. The molecule has 1 aliphatic heterocycles. The second-order valence-electron chi connectivity index (χ2n) is 11.2. The highest BCUT2D eigenvalue weighted by molar-refractivity contribution is 7.13. The Bertz CT molecular complexity index is 1350. The normalized spacial score (nSPS) is 18.2. The number of methoxy groups -OCH3 is 1. The minimum Gasteiger partial charge on any atom is -0.470 e. The molecular weight excluding hydrogens is 584 g/mol. The first-order valence-electron chi connectivity index (χ1n) is 15.1. The van der Waals surface area contributed by atoms with Gasteiger partial charge >= 0.3 is 0 Å². The van der Waals surface area contributed by atoms with Crippen molar-refractivity contribution in [3.05, 3.63) is 52.9 Å². The van der Waals surface area contributed by atoms with Crippen LogP contribution in [0.3, 0.4) is 0 Å². The fraction of sp³-hybridized carbons (Fsp3) is 0.562. The van der Waals surface area contributed by atoms with Crippen molar-refractivity contribution >= 4 is 23.2 Å². The summed E-state index contributed by atoms with van der Waals surface area (Å²) in [5.74, 6) is -0.642. The van der Waals surface area contributed by atoms with Gasteiger partial charge in [0.05, 0.1) is 28.2 Å². The highest BCUT2D eigenvalue weighted by Gasteiger charge is 2.44. The summed E-state index contributed by atoms with van der Waals surface area (Å²) in [4.78, 5) is 34.8. The van der Waals surface area contributed by atoms with Gasteiger partial charge in [-0.2, -0.15) is 0 Å². The number of aromatic nitrogens is 2. The fourth-order valence-corrected chi connectivity index (χ4v) is 6.24. The van der Waals surface area contributed by atoms with Gasteiger partial charge in [-0.3, -0.25) is 9.59 Å². The van der Waals surface area contributed by atoms with Crippen LogP contribution in [0, 0.1) is 12.8 Å². The summed E-state index contributed by atoms with van der Waals surface area (Å²) in [6.45, 7) is 12.9. The zero-order valence-corrected chi connectivity index (χ0v) is 27.4. The van der Waals surface area contributed by atoms with E-state index in [0.717, 1.165) is 21.7 Å². The van der Waals surface area contributed by atoms with Crippen molar-refractivity contribution in [2.24, 2.45) is 5.92 Å². The van der Waals surface area contributed by atoms with E-state index in [-0.39, 0.29) is 42.4 Å². The minimum atomic E-state index is -0.688. The van der Waals surface area contributed by atoms with Crippen LogP contribution in [-0.2, 0) is 23.8 Å². The average molecular weight is 629 g/mol. The number of ether oxygens (including phenoxy) is 4. The van der Waals surface area contributed by atoms with E-state index >= 15 is 0 Å². The van der Waals surface area contributed by atoms with Crippen LogP contribution in [0.1, 0.15) is 70.0 Å². The topological polar surface area (TPSA) is 125 Å². The quantitative estimate of drug-likeness (QED) is 0.228. The predicted octanol–water partition coefficient (Wildman–Crippen LogP) is 5.12. The van der Waals surface area contributed by atoms with Gasteiger partial charge in [0.1, 0.15) is 18.6 Å². The van der Waals surface area contributed by atoms with Gasteiger partial charge in [-0.1, -0.05) is 38.1 Å². The van der Waals surface area contributed by atoms with E-state index < -0.39 is 18.2 Å². The third-order valence-corrected chi connectivity index (χ3v) is 8.75. The molecule has 4 atom stereocenters. The summed E-state index contributed by atoms with van der Waals surface area (Å²) < 4.78 is 28.0. The lowest BCUT2D eigenvalue weighted by Gasteiger charge is -2.29. The van der Waals surface area contributed by atoms with Crippen molar-refractivity contribution in [2.75, 3.05) is 33.5 Å². The van der Waals surface area contributed by atoms with Crippen molar-refractivity contribution < 1.29 is 33.1 Å². The monoisotopic (exact) mass is 628 g/mol. The maximum absolute atomic E-state index is 14.1. The third-order valence-electron chi connectivity index (χ3n) is 7.78. The third kappa shape index (κ3) is 8.03. The molecule has 1 saturated heterocycles. The molecule has 0 saturated carbocycles. The Morgan fingerprint density at radius 1 is 1.14 bits per heavy atom. The second-order valence-corrected chi connectivity index (χ2v) is 12.0. The van der Waals surface area contributed by atoms with Gasteiger partial charge in [-0.05, 0) is 49.9 Å². The van der Waals surface area contributed by atoms with E-state index in [1.807, 2.05) is 71.3 Å². The van der Waals surface area contributed by atoms with Crippen LogP contribution in [0.25, 0.3) is 10.4 Å². The number of nitrogens with zero attached hydrogens (tertiary/aromatic N) is 3. The van der Waals surface area contributed by atoms with E-state index in [2.05, 4.69) is 15.5 Å². The van der Waals surface area contributed by atoms with Crippen molar-refractivity contribution in [1.29, 1.82) is 0 Å². The molecule has 1 aliphatic rings. The lowest BCUT2D eigenvalue weighted by Crippen LogP contribution is -2.48. The number of hydrogen-bond donors (Lipinski definition) is 1. The molecule has 1 fully saturated rings. The SMILES string of the molecule is CCOC(COc1cc([C@H](C(=O)N2C[C@H](OC)C[C@H]2C(=O)N[C@@H](C)c2ccc(-c3scnc3C)cc2)C(C)C)on1)OCC. The van der Waals surface area contributed by atoms with Crippen molar-refractivity contribution in [3.63, 3.8) is 0 Å². The van der Waals surface area contributed by atoms with E-state index in [9.17, 15) is 9.59 Å². The Labute approximate surface area is 263 Å². The maximum atomic E-state index is 14.1. The Morgan fingerprint density at radius 2 is 1.84 bits per heavy atom. The first kappa shape index (κ1) is 33.6. The van der Waals surface area contributed by atoms with Gasteiger partial charge in [-0.15, -0.1) is 11.3 Å². The molecule has 0 bridgehead atoms. The summed E-state index contributed by atoms with van der Waals surface area (Å²) in [7, 11) is 1.60. The zero-order valence-electron chi connectivity index (χ0n) is 26.6. The number of nitrogens with one attached hydrogen (secondary N) is 1. The molecule has 3 aromatic rings. The number of carbonyl (C=O) groups excluding carboxylic acids is 2. The van der Waals surface area contributed by atoms with Gasteiger partial charge < -0.3 is 33.7 Å². The Balaban J connectivity index is 1.45. The van der Waals surface area contributed by atoms with Crippen LogP contribution in [0.15, 0.2) is 40.4 Å². The molecule has 4 rings (SSSR count). The summed E-state index contributed by atoms with van der Waals surface area (Å²) in [5, 5.41) is 7.14. The second kappa shape index (κ2) is 15.6. The molecule has 1 aromatic carbocycles. The number of hydrogen-bond acceptors (Lipinski definition) is 10. The zero-order chi connectivity index (χ0) is 31.8. The Kier molecular flexibility index (Phi) is 11.9. The number of thiazole rings is 1. The molecule has 12 heteroatoms. The summed E-state index contributed by atoms with van der Waals surface area (Å²) in [6, 6.07) is 8.78. The number of amides is 2. The molecule has 1 N–H and O–H groups in total. The van der Waals surface area contributed by atoms with Crippen LogP contribution in [-0.4, -0.2) is 78.8 Å². The molecule has 11 nitrogen and oxygen atoms in total. The van der Waals surface area contributed by atoms with Gasteiger partial charge in [-0.25, -0.2) is 4.98 Å². The predicted molar refractivity (Wildman–Crippen MR) is 166 cm³/mol. The van der Waals surface area contributed by atoms with Crippen LogP contribution in [0.2, 0.25) is 0 Å². The van der Waals surface area contributed by atoms with Crippen molar-refractivity contribution in [3.8, 4) is 16.3 Å². The van der Waals surface area contributed by atoms with Gasteiger partial charge in [0.25, 0.3) is 5.88 Å². The van der Waals surface area contributed by atoms with Crippen molar-refractivity contribution in [2.45, 2.75) is 78.4 Å². The number of carbonyl (C=O) groups is 2. The van der Waals surface area contributed by atoms with Crippen LogP contribution >= 0.6 is 11.3 Å². The lowest BCUT2D eigenvalue weighted by molar-refractivity contribution is -0.153. The summed E-state index contributed by atoms with van der Waals surface area (Å²) in [5.41, 5.74) is 4.89. The first-order chi connectivity index (χ1) is 21.2. The van der Waals surface area contributed by atoms with Crippen LogP contribution in [0.5, 0.6) is 5.88 Å². The minimum absolute atomic E-state index is 0.129. The molecule has 0 unspecified atom stereocenters. The fourth-order valence-electron chi connectivity index (χ4n) is 5.43. The molecule has 2 amide bonds. The highest BCUT2D eigenvalue weighted by Crippen LogP contribution is 2.33. The van der Waals surface area contributed by atoms with E-state index in [0.29, 0.717) is 31.9 Å². The summed E-state index contributed by atoms with van der Waals surface area (Å²) in [6.07, 6.45) is -0.399. The molecule has 2 aromatic heterocycles. The molecule has 44 heavy (non-hydrogen) atoms. The number of aryl methyl sites for hydroxylation is 1. The largest absolute Gasteiger partial charge is 0.470 e.